The second-order valence-corrected chi connectivity index (χ2v) is 6.29. The minimum atomic E-state index is -0.0982. The quantitative estimate of drug-likeness (QED) is 0.816. The molecule has 6 heteroatoms. The molecule has 0 aliphatic carbocycles. The molecule has 2 aromatic rings. The summed E-state index contributed by atoms with van der Waals surface area (Å²) in [6.07, 6.45) is 0.299. The van der Waals surface area contributed by atoms with Crippen molar-refractivity contribution < 1.29 is 9.53 Å². The van der Waals surface area contributed by atoms with Gasteiger partial charge in [0.05, 0.1) is 13.2 Å². The lowest BCUT2D eigenvalue weighted by molar-refractivity contribution is -0.132. The maximum absolute atomic E-state index is 12.4. The topological polar surface area (TPSA) is 51.5 Å². The Hall–Kier alpha value is -2.08. The zero-order valence-corrected chi connectivity index (χ0v) is 14.7. The van der Waals surface area contributed by atoms with Gasteiger partial charge in [-0.2, -0.15) is 0 Å². The zero-order valence-electron chi connectivity index (χ0n) is 13.9. The van der Waals surface area contributed by atoms with Gasteiger partial charge in [-0.3, -0.25) is 9.59 Å². The summed E-state index contributed by atoms with van der Waals surface area (Å²) in [6, 6.07) is 7.59. The van der Waals surface area contributed by atoms with E-state index in [-0.39, 0.29) is 16.8 Å². The normalized spacial score (nSPS) is 12.0. The van der Waals surface area contributed by atoms with Crippen LogP contribution in [0.4, 0.5) is 0 Å². The van der Waals surface area contributed by atoms with E-state index in [1.54, 1.807) is 23.6 Å². The molecule has 23 heavy (non-hydrogen) atoms. The molecule has 0 bridgehead atoms. The van der Waals surface area contributed by atoms with Crippen LogP contribution in [0.5, 0.6) is 5.75 Å². The first-order chi connectivity index (χ1) is 11.0. The molecular weight excluding hydrogens is 312 g/mol. The lowest BCUT2D eigenvalue weighted by atomic mass is 10.1. The molecule has 0 N–H and O–H groups in total. The van der Waals surface area contributed by atoms with Crippen LogP contribution < -0.4 is 9.61 Å². The van der Waals surface area contributed by atoms with Crippen molar-refractivity contribution >= 4 is 17.2 Å². The Morgan fingerprint density at radius 1 is 1.39 bits per heavy atom. The Labute approximate surface area is 140 Å². The van der Waals surface area contributed by atoms with Gasteiger partial charge in [-0.25, -0.2) is 0 Å². The number of para-hydroxylation sites is 1. The first-order valence-electron chi connectivity index (χ1n) is 7.49. The molecule has 0 radical (unpaired) electrons. The summed E-state index contributed by atoms with van der Waals surface area (Å²) in [5, 5.41) is 1.81. The Balaban J connectivity index is 2.06. The number of thiazole rings is 1. The van der Waals surface area contributed by atoms with Gasteiger partial charge in [-0.15, -0.1) is 0 Å². The number of benzene rings is 1. The van der Waals surface area contributed by atoms with Gasteiger partial charge in [-0.05, 0) is 19.9 Å². The molecule has 0 saturated heterocycles. The first-order valence-corrected chi connectivity index (χ1v) is 8.37. The Morgan fingerprint density at radius 3 is 2.70 bits per heavy atom. The van der Waals surface area contributed by atoms with E-state index in [9.17, 15) is 9.59 Å². The summed E-state index contributed by atoms with van der Waals surface area (Å²) in [5.74, 6) is 0.769. The van der Waals surface area contributed by atoms with Crippen LogP contribution in [-0.2, 0) is 11.3 Å². The number of carbonyl (C=O) groups excluding carboxylic acids is 1. The van der Waals surface area contributed by atoms with E-state index in [4.69, 9.17) is 4.74 Å². The summed E-state index contributed by atoms with van der Waals surface area (Å²) in [5.41, 5.74) is 1.86. The standard InChI is InChI=1S/C17H22N2O3S/c1-12-11-23-17(21)19(12)10-9-16(20)18(3)13(2)14-7-5-6-8-15(14)22-4/h5-8,11,13H,9-10H2,1-4H3/t13-/m0/s1. The average Bonchev–Trinajstić information content (AvgIpc) is 2.89. The third-order valence-corrected chi connectivity index (χ3v) is 4.97. The number of carbonyl (C=O) groups is 1. The highest BCUT2D eigenvalue weighted by molar-refractivity contribution is 7.07. The minimum absolute atomic E-state index is 0.000839. The van der Waals surface area contributed by atoms with Crippen LogP contribution in [0.25, 0.3) is 0 Å². The minimum Gasteiger partial charge on any atom is -0.496 e. The van der Waals surface area contributed by atoms with Crippen LogP contribution in [0.3, 0.4) is 0 Å². The van der Waals surface area contributed by atoms with Crippen LogP contribution in [0.1, 0.15) is 30.6 Å². The molecule has 0 spiro atoms. The van der Waals surface area contributed by atoms with Crippen LogP contribution in [0, 0.1) is 6.92 Å². The Kier molecular flexibility index (Phi) is 5.60. The molecule has 1 atom stereocenters. The molecule has 0 unspecified atom stereocenters. The Bertz CT molecular complexity index is 735. The second kappa shape index (κ2) is 7.46. The van der Waals surface area contributed by atoms with E-state index in [1.807, 2.05) is 43.5 Å². The van der Waals surface area contributed by atoms with Crippen LogP contribution in [0.2, 0.25) is 0 Å². The van der Waals surface area contributed by atoms with Crippen molar-refractivity contribution in [2.75, 3.05) is 14.2 Å². The van der Waals surface area contributed by atoms with E-state index < -0.39 is 0 Å². The molecule has 1 aromatic carbocycles. The molecule has 2 rings (SSSR count). The van der Waals surface area contributed by atoms with E-state index in [2.05, 4.69) is 0 Å². The molecule has 1 aromatic heterocycles. The smallest absolute Gasteiger partial charge is 0.307 e. The van der Waals surface area contributed by atoms with Crippen molar-refractivity contribution in [2.45, 2.75) is 32.9 Å². The summed E-state index contributed by atoms with van der Waals surface area (Å²) in [7, 11) is 3.40. The van der Waals surface area contributed by atoms with Crippen molar-refractivity contribution in [2.24, 2.45) is 0 Å². The average molecular weight is 334 g/mol. The SMILES string of the molecule is COc1ccccc1[C@H](C)N(C)C(=O)CCn1c(C)csc1=O. The number of ether oxygens (including phenoxy) is 1. The highest BCUT2D eigenvalue weighted by Gasteiger charge is 2.20. The molecule has 0 fully saturated rings. The van der Waals surface area contributed by atoms with Gasteiger partial charge in [0.2, 0.25) is 5.91 Å². The van der Waals surface area contributed by atoms with Crippen LogP contribution >= 0.6 is 11.3 Å². The predicted octanol–water partition coefficient (Wildman–Crippen LogP) is 2.84. The number of hydrogen-bond donors (Lipinski definition) is 0. The van der Waals surface area contributed by atoms with Gasteiger partial charge in [0.1, 0.15) is 5.75 Å². The number of methoxy groups -OCH3 is 1. The monoisotopic (exact) mass is 334 g/mol. The number of hydrogen-bond acceptors (Lipinski definition) is 4. The number of aromatic nitrogens is 1. The van der Waals surface area contributed by atoms with Gasteiger partial charge in [0, 0.05) is 36.7 Å². The number of amides is 1. The lowest BCUT2D eigenvalue weighted by Crippen LogP contribution is -2.31. The van der Waals surface area contributed by atoms with Gasteiger partial charge < -0.3 is 14.2 Å². The van der Waals surface area contributed by atoms with E-state index >= 15 is 0 Å². The highest BCUT2D eigenvalue weighted by Crippen LogP contribution is 2.28. The summed E-state index contributed by atoms with van der Waals surface area (Å²) in [4.78, 5) is 25.8. The summed E-state index contributed by atoms with van der Waals surface area (Å²) in [6.45, 7) is 4.26. The largest absolute Gasteiger partial charge is 0.496 e. The van der Waals surface area contributed by atoms with Crippen molar-refractivity contribution in [1.29, 1.82) is 0 Å². The third-order valence-electron chi connectivity index (χ3n) is 4.09. The predicted molar refractivity (Wildman–Crippen MR) is 92.1 cm³/mol. The van der Waals surface area contributed by atoms with Crippen molar-refractivity contribution in [3.63, 3.8) is 0 Å². The van der Waals surface area contributed by atoms with Crippen molar-refractivity contribution in [1.82, 2.24) is 9.47 Å². The molecule has 0 saturated carbocycles. The fourth-order valence-corrected chi connectivity index (χ4v) is 3.26. The fourth-order valence-electron chi connectivity index (χ4n) is 2.49. The molecule has 0 aliphatic rings. The molecule has 124 valence electrons. The molecule has 5 nitrogen and oxygen atoms in total. The molecule has 1 amide bonds. The van der Waals surface area contributed by atoms with Gasteiger partial charge in [0.25, 0.3) is 0 Å². The molecule has 1 heterocycles. The molecule has 0 aliphatic heterocycles. The maximum atomic E-state index is 12.4. The number of rotatable bonds is 6. The second-order valence-electron chi connectivity index (χ2n) is 5.47. The van der Waals surface area contributed by atoms with Crippen molar-refractivity contribution in [3.8, 4) is 5.75 Å². The van der Waals surface area contributed by atoms with Crippen LogP contribution in [0.15, 0.2) is 34.4 Å². The number of aryl methyl sites for hydroxylation is 1. The highest BCUT2D eigenvalue weighted by atomic mass is 32.1. The van der Waals surface area contributed by atoms with E-state index in [1.165, 1.54) is 11.3 Å². The fraction of sp³-hybridized carbons (Fsp3) is 0.412. The summed E-state index contributed by atoms with van der Waals surface area (Å²) >= 11 is 1.17. The zero-order chi connectivity index (χ0) is 17.0. The van der Waals surface area contributed by atoms with Gasteiger partial charge in [0.15, 0.2) is 0 Å². The van der Waals surface area contributed by atoms with E-state index in [0.29, 0.717) is 13.0 Å². The molecular formula is C17H22N2O3S. The third kappa shape index (κ3) is 3.82. The van der Waals surface area contributed by atoms with Crippen molar-refractivity contribution in [3.05, 3.63) is 50.6 Å². The Morgan fingerprint density at radius 2 is 2.09 bits per heavy atom. The van der Waals surface area contributed by atoms with Gasteiger partial charge >= 0.3 is 4.87 Å². The maximum Gasteiger partial charge on any atom is 0.307 e. The van der Waals surface area contributed by atoms with Gasteiger partial charge in [-0.1, -0.05) is 29.5 Å². The summed E-state index contributed by atoms with van der Waals surface area (Å²) < 4.78 is 7.01. The lowest BCUT2D eigenvalue weighted by Gasteiger charge is -2.26. The van der Waals surface area contributed by atoms with Crippen LogP contribution in [-0.4, -0.2) is 29.5 Å². The first kappa shape index (κ1) is 17.3. The van der Waals surface area contributed by atoms with E-state index in [0.717, 1.165) is 17.0 Å². The number of nitrogens with zero attached hydrogens (tertiary/aromatic N) is 2.